The lowest BCUT2D eigenvalue weighted by atomic mass is 9.86. The fourth-order valence-corrected chi connectivity index (χ4v) is 6.29. The van der Waals surface area contributed by atoms with Crippen LogP contribution in [-0.4, -0.2) is 37.6 Å². The average Bonchev–Trinajstić information content (AvgIpc) is 2.82. The Hall–Kier alpha value is -3.19. The zero-order valence-corrected chi connectivity index (χ0v) is 18.1. The van der Waals surface area contributed by atoms with E-state index in [0.29, 0.717) is 37.4 Å². The Kier molecular flexibility index (Phi) is 5.21. The average molecular weight is 452 g/mol. The maximum Gasteiger partial charge on any atom is 0.234 e. The number of halogens is 1. The Morgan fingerprint density at radius 3 is 1.94 bits per heavy atom. The van der Waals surface area contributed by atoms with Crippen molar-refractivity contribution in [3.8, 4) is 11.5 Å². The normalized spacial score (nSPS) is 16.7. The third-order valence-corrected chi connectivity index (χ3v) is 8.54. The first kappa shape index (κ1) is 20.7. The van der Waals surface area contributed by atoms with Crippen molar-refractivity contribution < 1.29 is 22.3 Å². The molecule has 5 rings (SSSR count). The molecular weight excluding hydrogens is 429 g/mol. The summed E-state index contributed by atoms with van der Waals surface area (Å²) in [5.41, 5.74) is 1.63. The van der Waals surface area contributed by atoms with Crippen LogP contribution in [0.5, 0.6) is 11.5 Å². The van der Waals surface area contributed by atoms with E-state index in [1.807, 2.05) is 48.5 Å². The molecule has 7 heteroatoms. The number of piperidine rings is 1. The lowest BCUT2D eigenvalue weighted by Crippen LogP contribution is -2.44. The number of sulfone groups is 1. The topological polar surface area (TPSA) is 63.7 Å². The smallest absolute Gasteiger partial charge is 0.234 e. The number of hydrogen-bond donors (Lipinski definition) is 0. The molecule has 164 valence electrons. The summed E-state index contributed by atoms with van der Waals surface area (Å²) in [7, 11) is -3.57. The van der Waals surface area contributed by atoms with Gasteiger partial charge in [-0.15, -0.1) is 0 Å². The van der Waals surface area contributed by atoms with E-state index >= 15 is 0 Å². The fourth-order valence-electron chi connectivity index (χ4n) is 4.56. The van der Waals surface area contributed by atoms with Gasteiger partial charge in [-0.2, -0.15) is 0 Å². The van der Waals surface area contributed by atoms with Crippen molar-refractivity contribution >= 4 is 15.7 Å². The highest BCUT2D eigenvalue weighted by Crippen LogP contribution is 2.45. The number of ether oxygens (including phenoxy) is 1. The molecule has 0 radical (unpaired) electrons. The van der Waals surface area contributed by atoms with Gasteiger partial charge in [0.1, 0.15) is 17.3 Å². The Labute approximate surface area is 186 Å². The molecule has 0 aromatic heterocycles. The second-order valence-electron chi connectivity index (χ2n) is 8.13. The molecule has 2 aliphatic rings. The molecule has 32 heavy (non-hydrogen) atoms. The van der Waals surface area contributed by atoms with Crippen LogP contribution in [0.1, 0.15) is 29.9 Å². The number of amides is 1. The van der Waals surface area contributed by atoms with Crippen molar-refractivity contribution in [1.82, 2.24) is 4.90 Å². The number of rotatable bonds is 3. The molecule has 2 aliphatic heterocycles. The summed E-state index contributed by atoms with van der Waals surface area (Å²) in [6.07, 6.45) is 0.690. The van der Waals surface area contributed by atoms with Crippen LogP contribution in [0.15, 0.2) is 77.7 Å². The highest BCUT2D eigenvalue weighted by atomic mass is 32.2. The second-order valence-corrected chi connectivity index (χ2v) is 10.4. The molecule has 0 unspecified atom stereocenters. The largest absolute Gasteiger partial charge is 0.457 e. The number of nitrogens with zero attached hydrogens (tertiary/aromatic N) is 1. The van der Waals surface area contributed by atoms with E-state index in [-0.39, 0.29) is 10.8 Å². The quantitative estimate of drug-likeness (QED) is 0.549. The number of likely N-dealkylation sites (tertiary alicyclic amines) is 1. The number of fused-ring (bicyclic) bond motifs is 2. The second kappa shape index (κ2) is 8.06. The van der Waals surface area contributed by atoms with Gasteiger partial charge in [0.15, 0.2) is 9.84 Å². The molecule has 0 aliphatic carbocycles. The van der Waals surface area contributed by atoms with Crippen LogP contribution in [0, 0.1) is 5.82 Å². The van der Waals surface area contributed by atoms with Crippen LogP contribution < -0.4 is 4.74 Å². The van der Waals surface area contributed by atoms with Crippen molar-refractivity contribution in [3.05, 3.63) is 89.7 Å². The van der Waals surface area contributed by atoms with E-state index in [1.54, 1.807) is 4.90 Å². The summed E-state index contributed by atoms with van der Waals surface area (Å²) in [5, 5.41) is -0.591. The number of carbonyl (C=O) groups excluding carboxylic acids is 1. The summed E-state index contributed by atoms with van der Waals surface area (Å²) >= 11 is 0. The Balaban J connectivity index is 1.37. The Morgan fingerprint density at radius 1 is 0.844 bits per heavy atom. The molecule has 0 saturated carbocycles. The summed E-state index contributed by atoms with van der Waals surface area (Å²) < 4.78 is 45.1. The molecule has 0 N–H and O–H groups in total. The first-order valence-electron chi connectivity index (χ1n) is 10.6. The van der Waals surface area contributed by atoms with Gasteiger partial charge in [0.2, 0.25) is 5.91 Å². The third-order valence-electron chi connectivity index (χ3n) is 6.26. The van der Waals surface area contributed by atoms with Gasteiger partial charge in [-0.25, -0.2) is 12.8 Å². The Bertz CT molecular complexity index is 1220. The predicted octanol–water partition coefficient (Wildman–Crippen LogP) is 4.53. The van der Waals surface area contributed by atoms with Gasteiger partial charge in [0.05, 0.1) is 16.1 Å². The third kappa shape index (κ3) is 3.56. The van der Waals surface area contributed by atoms with Crippen LogP contribution in [0.3, 0.4) is 0 Å². The van der Waals surface area contributed by atoms with Crippen molar-refractivity contribution in [2.24, 2.45) is 0 Å². The van der Waals surface area contributed by atoms with Gasteiger partial charge in [-0.3, -0.25) is 4.79 Å². The highest BCUT2D eigenvalue weighted by Gasteiger charge is 2.38. The summed E-state index contributed by atoms with van der Waals surface area (Å²) in [6.45, 7) is 0.706. The number of carbonyl (C=O) groups is 1. The van der Waals surface area contributed by atoms with Crippen molar-refractivity contribution in [2.45, 2.75) is 28.9 Å². The van der Waals surface area contributed by atoms with Crippen LogP contribution in [0.2, 0.25) is 0 Å². The zero-order valence-electron chi connectivity index (χ0n) is 17.3. The maximum absolute atomic E-state index is 13.6. The van der Waals surface area contributed by atoms with E-state index in [0.717, 1.165) is 23.3 Å². The highest BCUT2D eigenvalue weighted by molar-refractivity contribution is 7.92. The zero-order chi connectivity index (χ0) is 22.3. The predicted molar refractivity (Wildman–Crippen MR) is 118 cm³/mol. The maximum atomic E-state index is 13.6. The van der Waals surface area contributed by atoms with E-state index in [4.69, 9.17) is 4.74 Å². The molecule has 1 saturated heterocycles. The standard InChI is InChI=1S/C25H22FNO4S/c26-17-9-11-18(12-10-17)32(29,30)19-13-15-27(16-14-19)25(28)24-20-5-1-3-7-22(20)31-23-8-4-2-6-21(23)24/h1-12,19,24H,13-16H2. The van der Waals surface area contributed by atoms with Crippen molar-refractivity contribution in [3.63, 3.8) is 0 Å². The van der Waals surface area contributed by atoms with Gasteiger partial charge < -0.3 is 9.64 Å². The SMILES string of the molecule is O=C(C1c2ccccc2Oc2ccccc21)N1CCC(S(=O)(=O)c2ccc(F)cc2)CC1. The summed E-state index contributed by atoms with van der Waals surface area (Å²) in [6, 6.07) is 20.0. The monoisotopic (exact) mass is 451 g/mol. The minimum Gasteiger partial charge on any atom is -0.457 e. The molecular formula is C25H22FNO4S. The van der Waals surface area contributed by atoms with Gasteiger partial charge >= 0.3 is 0 Å². The van der Waals surface area contributed by atoms with Gasteiger partial charge in [0.25, 0.3) is 0 Å². The molecule has 1 amide bonds. The van der Waals surface area contributed by atoms with E-state index in [1.165, 1.54) is 12.1 Å². The molecule has 5 nitrogen and oxygen atoms in total. The van der Waals surface area contributed by atoms with Gasteiger partial charge in [0, 0.05) is 24.2 Å². The molecule has 0 bridgehead atoms. The van der Waals surface area contributed by atoms with Crippen LogP contribution in [-0.2, 0) is 14.6 Å². The first-order chi connectivity index (χ1) is 15.4. The molecule has 3 aromatic carbocycles. The number of hydrogen-bond acceptors (Lipinski definition) is 4. The van der Waals surface area contributed by atoms with Gasteiger partial charge in [-0.1, -0.05) is 36.4 Å². The Morgan fingerprint density at radius 2 is 1.38 bits per heavy atom. The van der Waals surface area contributed by atoms with Crippen molar-refractivity contribution in [1.29, 1.82) is 0 Å². The molecule has 1 fully saturated rings. The molecule has 2 heterocycles. The first-order valence-corrected chi connectivity index (χ1v) is 12.1. The molecule has 0 spiro atoms. The molecule has 3 aromatic rings. The minimum absolute atomic E-state index is 0.0502. The summed E-state index contributed by atoms with van der Waals surface area (Å²) in [5.74, 6) is 0.324. The minimum atomic E-state index is -3.57. The van der Waals surface area contributed by atoms with Crippen molar-refractivity contribution in [2.75, 3.05) is 13.1 Å². The van der Waals surface area contributed by atoms with E-state index < -0.39 is 26.8 Å². The van der Waals surface area contributed by atoms with E-state index in [9.17, 15) is 17.6 Å². The molecule has 0 atom stereocenters. The van der Waals surface area contributed by atoms with Crippen LogP contribution in [0.4, 0.5) is 4.39 Å². The van der Waals surface area contributed by atoms with E-state index in [2.05, 4.69) is 0 Å². The summed E-state index contributed by atoms with van der Waals surface area (Å²) in [4.78, 5) is 15.5. The number of benzene rings is 3. The fraction of sp³-hybridized carbons (Fsp3) is 0.240. The lowest BCUT2D eigenvalue weighted by molar-refractivity contribution is -0.132. The number of para-hydroxylation sites is 2. The van der Waals surface area contributed by atoms with Crippen LogP contribution >= 0.6 is 0 Å². The van der Waals surface area contributed by atoms with Crippen LogP contribution in [0.25, 0.3) is 0 Å². The lowest BCUT2D eigenvalue weighted by Gasteiger charge is -2.36. The van der Waals surface area contributed by atoms with Gasteiger partial charge in [-0.05, 0) is 49.2 Å².